The molecule has 1 saturated heterocycles. The van der Waals surface area contributed by atoms with Crippen molar-refractivity contribution in [3.8, 4) is 11.5 Å². The summed E-state index contributed by atoms with van der Waals surface area (Å²) in [5.74, 6) is 1.66. The lowest BCUT2D eigenvalue weighted by molar-refractivity contribution is 0.0622. The topological polar surface area (TPSA) is 54.9 Å². The number of piperazine rings is 1. The fourth-order valence-electron chi connectivity index (χ4n) is 3.70. The van der Waals surface area contributed by atoms with E-state index in [0.29, 0.717) is 18.8 Å². The van der Waals surface area contributed by atoms with Crippen LogP contribution in [-0.2, 0) is 6.54 Å². The number of aromatic nitrogens is 1. The summed E-state index contributed by atoms with van der Waals surface area (Å²) in [6.07, 6.45) is 0. The number of methoxy groups -OCH3 is 2. The minimum Gasteiger partial charge on any atom is -0.497 e. The zero-order chi connectivity index (χ0) is 20.2. The lowest BCUT2D eigenvalue weighted by Crippen LogP contribution is -2.48. The standard InChI is InChI=1S/C23H25N3O3/c1-28-19-8-10-22(29-2)18(15-19)16-25-11-13-26(14-12-25)23(27)21-9-7-17-5-3-4-6-20(17)24-21/h3-10,15H,11-14,16H2,1-2H3. The lowest BCUT2D eigenvalue weighted by Gasteiger charge is -2.34. The number of amides is 1. The number of hydrogen-bond donors (Lipinski definition) is 0. The summed E-state index contributed by atoms with van der Waals surface area (Å²) in [5, 5.41) is 1.04. The van der Waals surface area contributed by atoms with Crippen LogP contribution in [0, 0.1) is 0 Å². The normalized spacial score (nSPS) is 14.8. The van der Waals surface area contributed by atoms with E-state index in [4.69, 9.17) is 9.47 Å². The smallest absolute Gasteiger partial charge is 0.272 e. The number of benzene rings is 2. The van der Waals surface area contributed by atoms with Gasteiger partial charge >= 0.3 is 0 Å². The van der Waals surface area contributed by atoms with Crippen molar-refractivity contribution in [1.29, 1.82) is 0 Å². The third-order valence-corrected chi connectivity index (χ3v) is 5.36. The Bertz CT molecular complexity index is 1010. The maximum atomic E-state index is 12.9. The van der Waals surface area contributed by atoms with E-state index < -0.39 is 0 Å². The molecule has 2 aromatic carbocycles. The molecule has 1 fully saturated rings. The fourth-order valence-corrected chi connectivity index (χ4v) is 3.70. The van der Waals surface area contributed by atoms with Gasteiger partial charge in [-0.25, -0.2) is 4.98 Å². The molecule has 1 amide bonds. The maximum Gasteiger partial charge on any atom is 0.272 e. The fraction of sp³-hybridized carbons (Fsp3) is 0.304. The largest absolute Gasteiger partial charge is 0.497 e. The summed E-state index contributed by atoms with van der Waals surface area (Å²) < 4.78 is 10.8. The monoisotopic (exact) mass is 391 g/mol. The summed E-state index contributed by atoms with van der Waals surface area (Å²) in [4.78, 5) is 21.7. The average Bonchev–Trinajstić information content (AvgIpc) is 2.78. The highest BCUT2D eigenvalue weighted by molar-refractivity contribution is 5.95. The van der Waals surface area contributed by atoms with Gasteiger partial charge in [-0.15, -0.1) is 0 Å². The van der Waals surface area contributed by atoms with Crippen LogP contribution >= 0.6 is 0 Å². The van der Waals surface area contributed by atoms with Gasteiger partial charge in [0, 0.05) is 43.7 Å². The second-order valence-corrected chi connectivity index (χ2v) is 7.14. The summed E-state index contributed by atoms with van der Waals surface area (Å²) >= 11 is 0. The van der Waals surface area contributed by atoms with Crippen molar-refractivity contribution in [3.63, 3.8) is 0 Å². The van der Waals surface area contributed by atoms with Gasteiger partial charge in [-0.05, 0) is 30.3 Å². The predicted molar refractivity (Wildman–Crippen MR) is 112 cm³/mol. The second-order valence-electron chi connectivity index (χ2n) is 7.14. The molecule has 0 unspecified atom stereocenters. The Hall–Kier alpha value is -3.12. The van der Waals surface area contributed by atoms with Gasteiger partial charge in [-0.3, -0.25) is 9.69 Å². The highest BCUT2D eigenvalue weighted by Gasteiger charge is 2.24. The molecule has 4 rings (SSSR count). The van der Waals surface area contributed by atoms with Crippen molar-refractivity contribution in [1.82, 2.24) is 14.8 Å². The van der Waals surface area contributed by atoms with Crippen LogP contribution in [0.15, 0.2) is 54.6 Å². The Kier molecular flexibility index (Phi) is 5.62. The van der Waals surface area contributed by atoms with Crippen LogP contribution in [0.25, 0.3) is 10.9 Å². The van der Waals surface area contributed by atoms with E-state index in [1.165, 1.54) is 0 Å². The number of hydrogen-bond acceptors (Lipinski definition) is 5. The number of pyridine rings is 1. The van der Waals surface area contributed by atoms with Crippen LogP contribution in [0.5, 0.6) is 11.5 Å². The summed E-state index contributed by atoms with van der Waals surface area (Å²) in [6, 6.07) is 17.5. The van der Waals surface area contributed by atoms with E-state index in [1.54, 1.807) is 14.2 Å². The Morgan fingerprint density at radius 1 is 0.966 bits per heavy atom. The highest BCUT2D eigenvalue weighted by Crippen LogP contribution is 2.25. The van der Waals surface area contributed by atoms with Crippen molar-refractivity contribution in [2.24, 2.45) is 0 Å². The lowest BCUT2D eigenvalue weighted by atomic mass is 10.1. The molecular weight excluding hydrogens is 366 g/mol. The molecule has 0 atom stereocenters. The molecule has 6 nitrogen and oxygen atoms in total. The van der Waals surface area contributed by atoms with Crippen molar-refractivity contribution < 1.29 is 14.3 Å². The first-order valence-electron chi connectivity index (χ1n) is 9.76. The second kappa shape index (κ2) is 8.49. The molecule has 6 heteroatoms. The molecule has 1 aromatic heterocycles. The molecule has 2 heterocycles. The minimum atomic E-state index is -0.00522. The van der Waals surface area contributed by atoms with Crippen molar-refractivity contribution in [2.75, 3.05) is 40.4 Å². The molecule has 1 aliphatic rings. The van der Waals surface area contributed by atoms with Gasteiger partial charge in [-0.2, -0.15) is 0 Å². The van der Waals surface area contributed by atoms with Gasteiger partial charge in [-0.1, -0.05) is 24.3 Å². The quantitative estimate of drug-likeness (QED) is 0.669. The molecule has 0 bridgehead atoms. The maximum absolute atomic E-state index is 12.9. The van der Waals surface area contributed by atoms with Crippen LogP contribution in [0.2, 0.25) is 0 Å². The Morgan fingerprint density at radius 3 is 2.52 bits per heavy atom. The number of para-hydroxylation sites is 1. The minimum absolute atomic E-state index is 0.00522. The van der Waals surface area contributed by atoms with Crippen LogP contribution in [-0.4, -0.2) is 61.1 Å². The van der Waals surface area contributed by atoms with Gasteiger partial charge in [0.25, 0.3) is 5.91 Å². The molecule has 29 heavy (non-hydrogen) atoms. The molecule has 0 spiro atoms. The Labute approximate surface area is 170 Å². The van der Waals surface area contributed by atoms with Crippen molar-refractivity contribution in [2.45, 2.75) is 6.54 Å². The third-order valence-electron chi connectivity index (χ3n) is 5.36. The number of ether oxygens (including phenoxy) is 2. The van der Waals surface area contributed by atoms with Gasteiger partial charge in [0.2, 0.25) is 0 Å². The van der Waals surface area contributed by atoms with Gasteiger partial charge < -0.3 is 14.4 Å². The van der Waals surface area contributed by atoms with E-state index in [9.17, 15) is 4.79 Å². The Balaban J connectivity index is 1.40. The van der Waals surface area contributed by atoms with E-state index >= 15 is 0 Å². The summed E-state index contributed by atoms with van der Waals surface area (Å²) in [7, 11) is 3.34. The number of carbonyl (C=O) groups is 1. The molecule has 0 N–H and O–H groups in total. The summed E-state index contributed by atoms with van der Waals surface area (Å²) in [6.45, 7) is 3.73. The van der Waals surface area contributed by atoms with Crippen LogP contribution in [0.4, 0.5) is 0 Å². The molecule has 3 aromatic rings. The first kappa shape index (κ1) is 19.2. The SMILES string of the molecule is COc1ccc(OC)c(CN2CCN(C(=O)c3ccc4ccccc4n3)CC2)c1. The van der Waals surface area contributed by atoms with Crippen LogP contribution in [0.3, 0.4) is 0 Å². The molecular formula is C23H25N3O3. The highest BCUT2D eigenvalue weighted by atomic mass is 16.5. The number of carbonyl (C=O) groups excluding carboxylic acids is 1. The van der Waals surface area contributed by atoms with Crippen molar-refractivity contribution in [3.05, 3.63) is 65.9 Å². The average molecular weight is 391 g/mol. The summed E-state index contributed by atoms with van der Waals surface area (Å²) in [5.41, 5.74) is 2.44. The van der Waals surface area contributed by atoms with E-state index in [-0.39, 0.29) is 5.91 Å². The number of fused-ring (bicyclic) bond motifs is 1. The predicted octanol–water partition coefficient (Wildman–Crippen LogP) is 3.21. The van der Waals surface area contributed by atoms with Crippen LogP contribution < -0.4 is 9.47 Å². The third kappa shape index (κ3) is 4.17. The first-order valence-corrected chi connectivity index (χ1v) is 9.76. The van der Waals surface area contributed by atoms with E-state index in [0.717, 1.165) is 47.6 Å². The zero-order valence-electron chi connectivity index (χ0n) is 16.8. The van der Waals surface area contributed by atoms with Gasteiger partial charge in [0.1, 0.15) is 17.2 Å². The number of nitrogens with zero attached hydrogens (tertiary/aromatic N) is 3. The molecule has 0 saturated carbocycles. The van der Waals surface area contributed by atoms with Gasteiger partial charge in [0.05, 0.1) is 19.7 Å². The zero-order valence-corrected chi connectivity index (χ0v) is 16.8. The molecule has 1 aliphatic heterocycles. The van der Waals surface area contributed by atoms with Crippen molar-refractivity contribution >= 4 is 16.8 Å². The first-order chi connectivity index (χ1) is 14.2. The van der Waals surface area contributed by atoms with Crippen LogP contribution in [0.1, 0.15) is 16.1 Å². The number of rotatable bonds is 5. The Morgan fingerprint density at radius 2 is 1.76 bits per heavy atom. The molecule has 150 valence electrons. The molecule has 0 aliphatic carbocycles. The van der Waals surface area contributed by atoms with E-state index in [2.05, 4.69) is 9.88 Å². The van der Waals surface area contributed by atoms with Gasteiger partial charge in [0.15, 0.2) is 0 Å². The van der Waals surface area contributed by atoms with E-state index in [1.807, 2.05) is 59.5 Å². The molecule has 0 radical (unpaired) electrons.